The van der Waals surface area contributed by atoms with Crippen LogP contribution in [-0.2, 0) is 0 Å². The van der Waals surface area contributed by atoms with Gasteiger partial charge in [0.15, 0.2) is 0 Å². The molecule has 5 nitrogen and oxygen atoms in total. The average molecular weight is 356 g/mol. The quantitative estimate of drug-likeness (QED) is 0.331. The first-order chi connectivity index (χ1) is 11.0. The number of thioether (sulfide) groups is 1. The number of nitrogens with one attached hydrogen (secondary N) is 1. The van der Waals surface area contributed by atoms with Gasteiger partial charge in [-0.2, -0.15) is 8.78 Å². The van der Waals surface area contributed by atoms with Gasteiger partial charge in [-0.05, 0) is 29.7 Å². The lowest BCUT2D eigenvalue weighted by Crippen LogP contribution is -2.47. The average Bonchev–Trinajstić information content (AvgIpc) is 3.04. The molecule has 23 heavy (non-hydrogen) atoms. The second kappa shape index (κ2) is 8.06. The largest absolute Gasteiger partial charge is 0.350 e. The maximum Gasteiger partial charge on any atom is 0.350 e. The lowest BCUT2D eigenvalue weighted by molar-refractivity contribution is 0.246. The van der Waals surface area contributed by atoms with Gasteiger partial charge in [0.25, 0.3) is 5.76 Å². The van der Waals surface area contributed by atoms with Gasteiger partial charge in [0, 0.05) is 15.3 Å². The summed E-state index contributed by atoms with van der Waals surface area (Å²) in [6.45, 7) is 0. The highest BCUT2D eigenvalue weighted by Crippen LogP contribution is 2.35. The van der Waals surface area contributed by atoms with Crippen molar-refractivity contribution in [1.29, 1.82) is 0 Å². The first-order valence-electron chi connectivity index (χ1n) is 6.37. The van der Waals surface area contributed by atoms with Gasteiger partial charge < -0.3 is 0 Å². The van der Waals surface area contributed by atoms with Crippen molar-refractivity contribution in [2.45, 2.75) is 10.7 Å². The van der Waals surface area contributed by atoms with Gasteiger partial charge >= 0.3 is 6.03 Å². The Bertz CT molecular complexity index is 692. The van der Waals surface area contributed by atoms with Crippen LogP contribution in [0.5, 0.6) is 0 Å². The molecule has 0 spiro atoms. The molecule has 122 valence electrons. The van der Waals surface area contributed by atoms with Crippen molar-refractivity contribution in [2.75, 3.05) is 5.01 Å². The van der Waals surface area contributed by atoms with Crippen molar-refractivity contribution in [3.8, 4) is 0 Å². The number of hydrogen-bond donors (Lipinski definition) is 3. The Hall–Kier alpha value is -1.94. The number of thiophene rings is 1. The molecule has 0 aliphatic carbocycles. The molecule has 2 aromatic rings. The van der Waals surface area contributed by atoms with Crippen molar-refractivity contribution in [1.82, 2.24) is 5.43 Å². The van der Waals surface area contributed by atoms with E-state index in [-0.39, 0.29) is 5.69 Å². The summed E-state index contributed by atoms with van der Waals surface area (Å²) in [5.41, 5.74) is 2.59. The third-order valence-electron chi connectivity index (χ3n) is 2.82. The van der Waals surface area contributed by atoms with Crippen LogP contribution in [0.15, 0.2) is 40.6 Å². The van der Waals surface area contributed by atoms with Gasteiger partial charge in [-0.3, -0.25) is 5.43 Å². The number of hydrazine groups is 2. The minimum absolute atomic E-state index is 0.270. The van der Waals surface area contributed by atoms with E-state index in [0.29, 0.717) is 22.2 Å². The van der Waals surface area contributed by atoms with Crippen molar-refractivity contribution in [3.05, 3.63) is 46.2 Å². The number of nitrogens with zero attached hydrogens (tertiary/aromatic N) is 1. The second-order valence-electron chi connectivity index (χ2n) is 4.24. The summed E-state index contributed by atoms with van der Waals surface area (Å²) >= 11 is 1.89. The van der Waals surface area contributed by atoms with Gasteiger partial charge in [-0.15, -0.1) is 11.3 Å². The minimum atomic E-state index is -2.59. The highest BCUT2D eigenvalue weighted by atomic mass is 32.2. The molecule has 0 saturated heterocycles. The maximum absolute atomic E-state index is 12.8. The lowest BCUT2D eigenvalue weighted by Gasteiger charge is -2.20. The molecule has 0 unspecified atom stereocenters. The third-order valence-corrected chi connectivity index (χ3v) is 4.44. The Labute approximate surface area is 139 Å². The molecule has 1 aromatic carbocycles. The number of amides is 2. The predicted octanol–water partition coefficient (Wildman–Crippen LogP) is 3.50. The van der Waals surface area contributed by atoms with Crippen LogP contribution in [-0.4, -0.2) is 11.8 Å². The van der Waals surface area contributed by atoms with E-state index in [2.05, 4.69) is 0 Å². The molecule has 0 aliphatic rings. The SMILES string of the molecule is NNC(=O)N(N)c1cccc(SC(F)F)c1/C=C/c1cccs1. The van der Waals surface area contributed by atoms with Crippen LogP contribution in [0.4, 0.5) is 19.3 Å². The summed E-state index contributed by atoms with van der Waals surface area (Å²) in [5.74, 6) is 8.19. The number of alkyl halides is 2. The van der Waals surface area contributed by atoms with Gasteiger partial charge in [0.1, 0.15) is 0 Å². The smallest absolute Gasteiger partial charge is 0.274 e. The Kier molecular flexibility index (Phi) is 6.11. The summed E-state index contributed by atoms with van der Waals surface area (Å²) in [7, 11) is 0. The van der Waals surface area contributed by atoms with E-state index in [4.69, 9.17) is 11.7 Å². The molecule has 2 amide bonds. The van der Waals surface area contributed by atoms with Crippen LogP contribution >= 0.6 is 23.1 Å². The number of benzene rings is 1. The Morgan fingerprint density at radius 1 is 1.30 bits per heavy atom. The number of urea groups is 1. The first-order valence-corrected chi connectivity index (χ1v) is 8.13. The molecule has 0 aliphatic heterocycles. The number of halogens is 2. The minimum Gasteiger partial charge on any atom is -0.274 e. The van der Waals surface area contributed by atoms with E-state index in [1.165, 1.54) is 11.3 Å². The van der Waals surface area contributed by atoms with Crippen LogP contribution < -0.4 is 22.1 Å². The molecule has 0 atom stereocenters. The van der Waals surface area contributed by atoms with Gasteiger partial charge in [0.05, 0.1) is 5.69 Å². The van der Waals surface area contributed by atoms with Crippen molar-refractivity contribution < 1.29 is 13.6 Å². The van der Waals surface area contributed by atoms with E-state index < -0.39 is 11.8 Å². The van der Waals surface area contributed by atoms with Crippen molar-refractivity contribution in [3.63, 3.8) is 0 Å². The molecular weight excluding hydrogens is 342 g/mol. The second-order valence-corrected chi connectivity index (χ2v) is 6.25. The number of hydrogen-bond acceptors (Lipinski definition) is 5. The van der Waals surface area contributed by atoms with E-state index in [0.717, 1.165) is 9.89 Å². The predicted molar refractivity (Wildman–Crippen MR) is 90.9 cm³/mol. The van der Waals surface area contributed by atoms with E-state index >= 15 is 0 Å². The fraction of sp³-hybridized carbons (Fsp3) is 0.0714. The highest BCUT2D eigenvalue weighted by molar-refractivity contribution is 7.99. The Balaban J connectivity index is 2.46. The Morgan fingerprint density at radius 2 is 2.09 bits per heavy atom. The molecule has 0 radical (unpaired) electrons. The fourth-order valence-electron chi connectivity index (χ4n) is 1.84. The number of nitrogens with two attached hydrogens (primary N) is 2. The summed E-state index contributed by atoms with van der Waals surface area (Å²) in [4.78, 5) is 12.9. The molecule has 0 fully saturated rings. The fourth-order valence-corrected chi connectivity index (χ4v) is 3.11. The van der Waals surface area contributed by atoms with Crippen LogP contribution in [0.3, 0.4) is 0 Å². The number of carbonyl (C=O) groups excluding carboxylic acids is 1. The zero-order valence-corrected chi connectivity index (χ0v) is 13.4. The summed E-state index contributed by atoms with van der Waals surface area (Å²) in [5, 5.41) is 2.68. The van der Waals surface area contributed by atoms with Crippen molar-refractivity contribution in [2.24, 2.45) is 11.7 Å². The zero-order valence-electron chi connectivity index (χ0n) is 11.8. The van der Waals surface area contributed by atoms with E-state index in [1.807, 2.05) is 22.9 Å². The molecule has 0 saturated carbocycles. The van der Waals surface area contributed by atoms with E-state index in [1.54, 1.807) is 30.4 Å². The molecular formula is C14H14F2N4OS2. The Morgan fingerprint density at radius 3 is 2.70 bits per heavy atom. The molecule has 2 rings (SSSR count). The van der Waals surface area contributed by atoms with Gasteiger partial charge in [-0.25, -0.2) is 21.5 Å². The van der Waals surface area contributed by atoms with Crippen LogP contribution in [0.1, 0.15) is 10.4 Å². The number of rotatable bonds is 5. The topological polar surface area (TPSA) is 84.4 Å². The molecule has 1 heterocycles. The van der Waals surface area contributed by atoms with Gasteiger partial charge in [-0.1, -0.05) is 30.0 Å². The summed E-state index contributed by atoms with van der Waals surface area (Å²) in [6, 6.07) is 7.65. The number of carbonyl (C=O) groups is 1. The zero-order chi connectivity index (χ0) is 16.8. The molecule has 1 aromatic heterocycles. The van der Waals surface area contributed by atoms with Gasteiger partial charge in [0.2, 0.25) is 0 Å². The molecule has 9 heteroatoms. The van der Waals surface area contributed by atoms with Crippen LogP contribution in [0.2, 0.25) is 0 Å². The van der Waals surface area contributed by atoms with Crippen LogP contribution in [0, 0.1) is 0 Å². The third kappa shape index (κ3) is 4.52. The molecule has 5 N–H and O–H groups in total. The van der Waals surface area contributed by atoms with Crippen LogP contribution in [0.25, 0.3) is 12.2 Å². The summed E-state index contributed by atoms with van der Waals surface area (Å²) in [6.07, 6.45) is 3.42. The van der Waals surface area contributed by atoms with Crippen molar-refractivity contribution >= 4 is 47.0 Å². The maximum atomic E-state index is 12.8. The normalized spacial score (nSPS) is 11.2. The lowest BCUT2D eigenvalue weighted by atomic mass is 10.1. The highest BCUT2D eigenvalue weighted by Gasteiger charge is 2.18. The monoisotopic (exact) mass is 356 g/mol. The standard InChI is InChI=1S/C14H14F2N4OS2/c15-13(16)23-12-5-1-4-11(20(18)14(21)19-17)10(12)7-6-9-3-2-8-22-9/h1-8,13H,17-18H2,(H,19,21)/b7-6+. The van der Waals surface area contributed by atoms with E-state index in [9.17, 15) is 13.6 Å². The molecule has 0 bridgehead atoms. The first kappa shape index (κ1) is 17.4. The number of anilines is 1. The summed E-state index contributed by atoms with van der Waals surface area (Å²) < 4.78 is 25.5.